The van der Waals surface area contributed by atoms with Crippen molar-refractivity contribution in [2.75, 3.05) is 11.9 Å². The Morgan fingerprint density at radius 2 is 1.39 bits per heavy atom. The summed E-state index contributed by atoms with van der Waals surface area (Å²) in [7, 11) is 0. The highest BCUT2D eigenvalue weighted by Gasteiger charge is 2.34. The summed E-state index contributed by atoms with van der Waals surface area (Å²) in [6.07, 6.45) is -0.985. The van der Waals surface area contributed by atoms with E-state index in [4.69, 9.17) is 39.5 Å². The molecule has 0 fully saturated rings. The van der Waals surface area contributed by atoms with Gasteiger partial charge in [0, 0.05) is 5.69 Å². The van der Waals surface area contributed by atoms with Crippen molar-refractivity contribution in [3.05, 3.63) is 84.9 Å². The van der Waals surface area contributed by atoms with E-state index in [-0.39, 0.29) is 6.61 Å². The van der Waals surface area contributed by atoms with Crippen LogP contribution in [0.1, 0.15) is 0 Å². The van der Waals surface area contributed by atoms with Gasteiger partial charge in [-0.1, -0.05) is 71.2 Å². The van der Waals surface area contributed by atoms with Gasteiger partial charge in [0.1, 0.15) is 11.9 Å². The third kappa shape index (κ3) is 7.75. The summed E-state index contributed by atoms with van der Waals surface area (Å²) in [5.74, 6) is 0.122. The van der Waals surface area contributed by atoms with Crippen LogP contribution in [0.3, 0.4) is 0 Å². The lowest BCUT2D eigenvalue weighted by molar-refractivity contribution is -0.123. The first kappa shape index (κ1) is 22.9. The van der Waals surface area contributed by atoms with Crippen molar-refractivity contribution in [1.29, 1.82) is 0 Å². The first-order valence-corrected chi connectivity index (χ1v) is 10.4. The molecule has 0 aliphatic carbocycles. The number of ether oxygens (including phenoxy) is 1. The lowest BCUT2D eigenvalue weighted by Gasteiger charge is -2.27. The summed E-state index contributed by atoms with van der Waals surface area (Å²) in [6, 6.07) is 25.4. The molecule has 1 atom stereocenters. The van der Waals surface area contributed by atoms with Crippen LogP contribution in [-0.2, 0) is 4.79 Å². The molecule has 3 aromatic carbocycles. The highest BCUT2D eigenvalue weighted by Crippen LogP contribution is 2.31. The van der Waals surface area contributed by atoms with Crippen LogP contribution < -0.4 is 15.4 Å². The molecule has 0 spiro atoms. The molecule has 3 rings (SSSR count). The van der Waals surface area contributed by atoms with Gasteiger partial charge in [0.25, 0.3) is 5.91 Å². The molecular formula is C22H19Cl3N4O2. The number of nitrogens with one attached hydrogen (secondary N) is 2. The number of carbonyl (C=O) groups excluding carboxylic acids is 1. The van der Waals surface area contributed by atoms with Crippen molar-refractivity contribution in [2.45, 2.75) is 9.96 Å². The van der Waals surface area contributed by atoms with Gasteiger partial charge in [-0.2, -0.15) is 10.2 Å². The Bertz CT molecular complexity index is 995. The number of hydrogen-bond donors (Lipinski definition) is 2. The summed E-state index contributed by atoms with van der Waals surface area (Å²) in [4.78, 5) is 12.3. The summed E-state index contributed by atoms with van der Waals surface area (Å²) in [6.45, 7) is -0.220. The van der Waals surface area contributed by atoms with E-state index in [2.05, 4.69) is 20.9 Å². The summed E-state index contributed by atoms with van der Waals surface area (Å²) >= 11 is 18.1. The molecule has 0 bridgehead atoms. The van der Waals surface area contributed by atoms with Crippen LogP contribution in [0.15, 0.2) is 95.2 Å². The largest absolute Gasteiger partial charge is 0.484 e. The van der Waals surface area contributed by atoms with Crippen LogP contribution in [0.25, 0.3) is 0 Å². The van der Waals surface area contributed by atoms with Gasteiger partial charge in [-0.25, -0.2) is 0 Å². The number of amides is 1. The Kier molecular flexibility index (Phi) is 8.12. The fraction of sp³-hybridized carbons (Fsp3) is 0.136. The molecule has 9 heteroatoms. The number of halogens is 3. The van der Waals surface area contributed by atoms with E-state index < -0.39 is 15.9 Å². The van der Waals surface area contributed by atoms with Gasteiger partial charge in [-0.3, -0.25) is 4.79 Å². The number of rotatable bonds is 8. The first-order valence-electron chi connectivity index (χ1n) is 9.27. The molecule has 0 radical (unpaired) electrons. The lowest BCUT2D eigenvalue weighted by Crippen LogP contribution is -2.50. The van der Waals surface area contributed by atoms with Crippen LogP contribution in [-0.4, -0.2) is 22.5 Å². The quantitative estimate of drug-likeness (QED) is 0.224. The zero-order valence-corrected chi connectivity index (χ0v) is 18.5. The van der Waals surface area contributed by atoms with E-state index >= 15 is 0 Å². The molecule has 1 amide bonds. The van der Waals surface area contributed by atoms with E-state index in [1.165, 1.54) is 0 Å². The molecule has 160 valence electrons. The first-order chi connectivity index (χ1) is 14.9. The normalized spacial score (nSPS) is 12.4. The highest BCUT2D eigenvalue weighted by molar-refractivity contribution is 6.68. The lowest BCUT2D eigenvalue weighted by atomic mass is 10.3. The van der Waals surface area contributed by atoms with Gasteiger partial charge in [0.05, 0.1) is 11.4 Å². The van der Waals surface area contributed by atoms with Crippen LogP contribution in [0.4, 0.5) is 17.1 Å². The van der Waals surface area contributed by atoms with Crippen molar-refractivity contribution in [3.8, 4) is 5.75 Å². The van der Waals surface area contributed by atoms with E-state index in [0.29, 0.717) is 17.1 Å². The molecule has 2 N–H and O–H groups in total. The van der Waals surface area contributed by atoms with Gasteiger partial charge in [-0.05, 0) is 48.5 Å². The maximum absolute atomic E-state index is 12.3. The topological polar surface area (TPSA) is 75.1 Å². The van der Waals surface area contributed by atoms with Gasteiger partial charge in [0.2, 0.25) is 3.79 Å². The number of carbonyl (C=O) groups is 1. The van der Waals surface area contributed by atoms with Crippen molar-refractivity contribution >= 4 is 57.8 Å². The number of alkyl halides is 3. The van der Waals surface area contributed by atoms with Crippen LogP contribution >= 0.6 is 34.8 Å². The SMILES string of the molecule is O=C(COc1ccccc1)N[C@@H](Nc1ccc(N=Nc2ccccc2)cc1)C(Cl)(Cl)Cl. The average molecular weight is 478 g/mol. The van der Waals surface area contributed by atoms with Crippen LogP contribution in [0, 0.1) is 0 Å². The second-order valence-electron chi connectivity index (χ2n) is 6.37. The van der Waals surface area contributed by atoms with Gasteiger partial charge >= 0.3 is 0 Å². The Labute approximate surface area is 195 Å². The minimum Gasteiger partial charge on any atom is -0.484 e. The van der Waals surface area contributed by atoms with E-state index in [1.54, 1.807) is 36.4 Å². The Balaban J connectivity index is 1.58. The molecule has 31 heavy (non-hydrogen) atoms. The van der Waals surface area contributed by atoms with Crippen molar-refractivity contribution in [1.82, 2.24) is 5.32 Å². The third-order valence-corrected chi connectivity index (χ3v) is 4.62. The minimum absolute atomic E-state index is 0.220. The zero-order valence-electron chi connectivity index (χ0n) is 16.2. The number of nitrogens with zero attached hydrogens (tertiary/aromatic N) is 2. The molecule has 0 aliphatic heterocycles. The number of azo groups is 1. The molecule has 3 aromatic rings. The van der Waals surface area contributed by atoms with E-state index in [9.17, 15) is 4.79 Å². The average Bonchev–Trinajstić information content (AvgIpc) is 2.77. The summed E-state index contributed by atoms with van der Waals surface area (Å²) < 4.78 is 3.62. The molecule has 0 aromatic heterocycles. The molecule has 0 unspecified atom stereocenters. The molecule has 6 nitrogen and oxygen atoms in total. The number of para-hydroxylation sites is 1. The Morgan fingerprint density at radius 1 is 0.839 bits per heavy atom. The van der Waals surface area contributed by atoms with Gasteiger partial charge in [-0.15, -0.1) is 0 Å². The monoisotopic (exact) mass is 476 g/mol. The maximum atomic E-state index is 12.3. The Hall–Kier alpha value is -2.80. The second-order valence-corrected chi connectivity index (χ2v) is 8.74. The van der Waals surface area contributed by atoms with Crippen molar-refractivity contribution < 1.29 is 9.53 Å². The Morgan fingerprint density at radius 3 is 1.97 bits per heavy atom. The number of hydrogen-bond acceptors (Lipinski definition) is 5. The smallest absolute Gasteiger partial charge is 0.259 e. The van der Waals surface area contributed by atoms with Gasteiger partial charge in [0.15, 0.2) is 6.61 Å². The predicted octanol–water partition coefficient (Wildman–Crippen LogP) is 6.41. The fourth-order valence-electron chi connectivity index (χ4n) is 2.47. The van der Waals surface area contributed by atoms with E-state index in [1.807, 2.05) is 48.5 Å². The minimum atomic E-state index is -1.80. The summed E-state index contributed by atoms with van der Waals surface area (Å²) in [5, 5.41) is 14.0. The zero-order chi connectivity index (χ0) is 22.1. The van der Waals surface area contributed by atoms with Crippen molar-refractivity contribution in [2.24, 2.45) is 10.2 Å². The second kappa shape index (κ2) is 11.0. The van der Waals surface area contributed by atoms with Crippen LogP contribution in [0.2, 0.25) is 0 Å². The number of anilines is 1. The highest BCUT2D eigenvalue weighted by atomic mass is 35.6. The number of benzene rings is 3. The molecule has 0 saturated heterocycles. The molecule has 0 heterocycles. The molecule has 0 saturated carbocycles. The van der Waals surface area contributed by atoms with Crippen molar-refractivity contribution in [3.63, 3.8) is 0 Å². The maximum Gasteiger partial charge on any atom is 0.259 e. The predicted molar refractivity (Wildman–Crippen MR) is 125 cm³/mol. The fourth-order valence-corrected chi connectivity index (χ4v) is 2.80. The molecular weight excluding hydrogens is 459 g/mol. The molecule has 0 aliphatic rings. The third-order valence-electron chi connectivity index (χ3n) is 3.96. The van der Waals surface area contributed by atoms with Gasteiger partial charge < -0.3 is 15.4 Å². The standard InChI is InChI=1S/C22H19Cl3N4O2/c23-22(24,25)21(27-20(30)15-31-19-9-5-2-6-10-19)26-16-11-13-18(14-12-16)29-28-17-7-3-1-4-8-17/h1-14,21,26H,15H2,(H,27,30)/t21-/m1/s1. The van der Waals surface area contributed by atoms with Crippen LogP contribution in [0.5, 0.6) is 5.75 Å². The summed E-state index contributed by atoms with van der Waals surface area (Å²) in [5.41, 5.74) is 2.03. The van der Waals surface area contributed by atoms with E-state index in [0.717, 1.165) is 5.69 Å².